The van der Waals surface area contributed by atoms with Crippen LogP contribution in [-0.4, -0.2) is 15.2 Å². The van der Waals surface area contributed by atoms with E-state index < -0.39 is 0 Å². The summed E-state index contributed by atoms with van der Waals surface area (Å²) in [6, 6.07) is 6.94. The zero-order chi connectivity index (χ0) is 12.5. The van der Waals surface area contributed by atoms with E-state index in [4.69, 9.17) is 8.94 Å². The van der Waals surface area contributed by atoms with Crippen molar-refractivity contribution >= 4 is 22.6 Å². The number of phenolic OH excluding ortho intramolecular Hbond substituents is 1. The number of aromatic hydroxyl groups is 1. The van der Waals surface area contributed by atoms with Crippen LogP contribution in [0.1, 0.15) is 0 Å². The number of hydrogen-bond acceptors (Lipinski definition) is 5. The van der Waals surface area contributed by atoms with E-state index in [9.17, 15) is 5.11 Å². The third-order valence-electron chi connectivity index (χ3n) is 2.40. The van der Waals surface area contributed by atoms with E-state index >= 15 is 0 Å². The van der Waals surface area contributed by atoms with Crippen LogP contribution >= 0.6 is 22.6 Å². The molecule has 90 valence electrons. The van der Waals surface area contributed by atoms with Crippen molar-refractivity contribution in [2.75, 3.05) is 0 Å². The van der Waals surface area contributed by atoms with Gasteiger partial charge in [-0.15, -0.1) is 0 Å². The predicted molar refractivity (Wildman–Crippen MR) is 71.8 cm³/mol. The van der Waals surface area contributed by atoms with Gasteiger partial charge in [-0.05, 0) is 46.9 Å². The number of nitrogens with zero attached hydrogens (tertiary/aromatic N) is 2. The third-order valence-corrected chi connectivity index (χ3v) is 3.31. The molecule has 6 heteroatoms. The summed E-state index contributed by atoms with van der Waals surface area (Å²) in [6.45, 7) is 0. The second kappa shape index (κ2) is 4.45. The lowest BCUT2D eigenvalue weighted by Crippen LogP contribution is -1.80. The quantitative estimate of drug-likeness (QED) is 0.715. The maximum atomic E-state index is 9.64. The van der Waals surface area contributed by atoms with Crippen LogP contribution in [0.5, 0.6) is 5.75 Å². The van der Waals surface area contributed by atoms with Crippen molar-refractivity contribution in [3.05, 3.63) is 40.4 Å². The van der Waals surface area contributed by atoms with Crippen molar-refractivity contribution in [2.45, 2.75) is 0 Å². The molecule has 3 rings (SSSR count). The Morgan fingerprint density at radius 3 is 2.78 bits per heavy atom. The minimum atomic E-state index is 0.191. The summed E-state index contributed by atoms with van der Waals surface area (Å²) >= 11 is 2.05. The van der Waals surface area contributed by atoms with Crippen LogP contribution in [0.25, 0.3) is 22.8 Å². The van der Waals surface area contributed by atoms with Crippen molar-refractivity contribution in [2.24, 2.45) is 0 Å². The van der Waals surface area contributed by atoms with Gasteiger partial charge in [-0.2, -0.15) is 4.98 Å². The van der Waals surface area contributed by atoms with Gasteiger partial charge in [-0.3, -0.25) is 0 Å². The first kappa shape index (κ1) is 11.3. The Morgan fingerprint density at radius 1 is 1.17 bits per heavy atom. The Morgan fingerprint density at radius 2 is 2.06 bits per heavy atom. The van der Waals surface area contributed by atoms with Crippen LogP contribution in [0.3, 0.4) is 0 Å². The number of furan rings is 1. The van der Waals surface area contributed by atoms with Crippen LogP contribution in [0.2, 0.25) is 0 Å². The van der Waals surface area contributed by atoms with Gasteiger partial charge in [0.1, 0.15) is 12.0 Å². The molecule has 2 heterocycles. The molecule has 0 radical (unpaired) electrons. The Balaban J connectivity index is 2.00. The molecule has 1 aromatic carbocycles. The Bertz CT molecular complexity index is 676. The first-order valence-electron chi connectivity index (χ1n) is 5.09. The number of phenols is 1. The molecule has 3 aromatic rings. The summed E-state index contributed by atoms with van der Waals surface area (Å²) < 4.78 is 10.9. The average molecular weight is 354 g/mol. The molecule has 18 heavy (non-hydrogen) atoms. The number of aromatic nitrogens is 2. The monoisotopic (exact) mass is 354 g/mol. The molecule has 0 atom stereocenters. The molecule has 2 aromatic heterocycles. The van der Waals surface area contributed by atoms with E-state index in [-0.39, 0.29) is 5.75 Å². The predicted octanol–water partition coefficient (Wildman–Crippen LogP) is 3.31. The van der Waals surface area contributed by atoms with Gasteiger partial charge in [0.2, 0.25) is 5.82 Å². The molecule has 0 aliphatic carbocycles. The molecule has 0 spiro atoms. The van der Waals surface area contributed by atoms with Gasteiger partial charge >= 0.3 is 0 Å². The SMILES string of the molecule is Oc1cc(-c2nc(-c3ccoc3)no2)ccc1I. The standard InChI is InChI=1S/C12H7IN2O3/c13-9-2-1-7(5-10(9)16)12-14-11(15-18-12)8-3-4-17-6-8/h1-6,16H. The highest BCUT2D eigenvalue weighted by molar-refractivity contribution is 14.1. The fourth-order valence-electron chi connectivity index (χ4n) is 1.50. The smallest absolute Gasteiger partial charge is 0.258 e. The van der Waals surface area contributed by atoms with Gasteiger partial charge in [-0.1, -0.05) is 5.16 Å². The molecular weight excluding hydrogens is 347 g/mol. The summed E-state index contributed by atoms with van der Waals surface area (Å²) in [5, 5.41) is 13.5. The van der Waals surface area contributed by atoms with Gasteiger partial charge in [0.05, 0.1) is 15.4 Å². The number of benzene rings is 1. The Kier molecular flexibility index (Phi) is 2.78. The van der Waals surface area contributed by atoms with Gasteiger partial charge in [-0.25, -0.2) is 0 Å². The average Bonchev–Trinajstić information content (AvgIpc) is 3.01. The number of halogens is 1. The lowest BCUT2D eigenvalue weighted by Gasteiger charge is -1.97. The fraction of sp³-hybridized carbons (Fsp3) is 0. The van der Waals surface area contributed by atoms with Gasteiger partial charge in [0, 0.05) is 5.56 Å². The summed E-state index contributed by atoms with van der Waals surface area (Å²) in [4.78, 5) is 4.24. The molecule has 0 aliphatic rings. The first-order valence-corrected chi connectivity index (χ1v) is 6.17. The molecule has 0 saturated heterocycles. The van der Waals surface area contributed by atoms with Crippen molar-refractivity contribution in [1.29, 1.82) is 0 Å². The highest BCUT2D eigenvalue weighted by atomic mass is 127. The molecule has 0 saturated carbocycles. The van der Waals surface area contributed by atoms with E-state index in [0.29, 0.717) is 17.3 Å². The zero-order valence-corrected chi connectivity index (χ0v) is 11.2. The topological polar surface area (TPSA) is 72.3 Å². The van der Waals surface area contributed by atoms with E-state index in [1.54, 1.807) is 30.7 Å². The van der Waals surface area contributed by atoms with E-state index in [1.165, 1.54) is 0 Å². The fourth-order valence-corrected chi connectivity index (χ4v) is 1.83. The maximum Gasteiger partial charge on any atom is 0.258 e. The molecule has 0 bridgehead atoms. The van der Waals surface area contributed by atoms with E-state index in [0.717, 1.165) is 9.13 Å². The van der Waals surface area contributed by atoms with Crippen molar-refractivity contribution in [3.63, 3.8) is 0 Å². The summed E-state index contributed by atoms with van der Waals surface area (Å²) in [5.74, 6) is 1.01. The minimum Gasteiger partial charge on any atom is -0.507 e. The normalized spacial score (nSPS) is 10.7. The highest BCUT2D eigenvalue weighted by Gasteiger charge is 2.12. The Labute approximate surface area is 116 Å². The van der Waals surface area contributed by atoms with Crippen LogP contribution in [0.15, 0.2) is 45.7 Å². The summed E-state index contributed by atoms with van der Waals surface area (Å²) in [6.07, 6.45) is 3.09. The van der Waals surface area contributed by atoms with Crippen LogP contribution < -0.4 is 0 Å². The third kappa shape index (κ3) is 1.99. The molecule has 0 fully saturated rings. The largest absolute Gasteiger partial charge is 0.507 e. The zero-order valence-electron chi connectivity index (χ0n) is 9.00. The number of rotatable bonds is 2. The second-order valence-electron chi connectivity index (χ2n) is 3.60. The summed E-state index contributed by atoms with van der Waals surface area (Å²) in [5.41, 5.74) is 1.43. The lowest BCUT2D eigenvalue weighted by atomic mass is 10.2. The first-order chi connectivity index (χ1) is 8.74. The second-order valence-corrected chi connectivity index (χ2v) is 4.76. The van der Waals surface area contributed by atoms with Gasteiger partial charge in [0.15, 0.2) is 0 Å². The molecule has 5 nitrogen and oxygen atoms in total. The molecule has 0 amide bonds. The Hall–Kier alpha value is -1.83. The molecule has 1 N–H and O–H groups in total. The van der Waals surface area contributed by atoms with Crippen LogP contribution in [0, 0.1) is 3.57 Å². The lowest BCUT2D eigenvalue weighted by molar-refractivity contribution is 0.431. The van der Waals surface area contributed by atoms with Crippen LogP contribution in [0.4, 0.5) is 0 Å². The van der Waals surface area contributed by atoms with Crippen molar-refractivity contribution < 1.29 is 14.0 Å². The van der Waals surface area contributed by atoms with E-state index in [1.807, 2.05) is 28.7 Å². The van der Waals surface area contributed by atoms with Gasteiger partial charge < -0.3 is 14.0 Å². The minimum absolute atomic E-state index is 0.191. The molecule has 0 unspecified atom stereocenters. The molecule has 0 aliphatic heterocycles. The van der Waals surface area contributed by atoms with Crippen LogP contribution in [-0.2, 0) is 0 Å². The van der Waals surface area contributed by atoms with Crippen molar-refractivity contribution in [3.8, 4) is 28.6 Å². The number of hydrogen-bond donors (Lipinski definition) is 1. The van der Waals surface area contributed by atoms with Crippen molar-refractivity contribution in [1.82, 2.24) is 10.1 Å². The molecular formula is C12H7IN2O3. The highest BCUT2D eigenvalue weighted by Crippen LogP contribution is 2.27. The summed E-state index contributed by atoms with van der Waals surface area (Å²) in [7, 11) is 0. The van der Waals surface area contributed by atoms with Gasteiger partial charge in [0.25, 0.3) is 5.89 Å². The maximum absolute atomic E-state index is 9.64. The van der Waals surface area contributed by atoms with E-state index in [2.05, 4.69) is 10.1 Å².